The number of likely N-dealkylation sites (tertiary alicyclic amines) is 1. The Labute approximate surface area is 169 Å². The van der Waals surface area contributed by atoms with E-state index in [0.717, 1.165) is 5.56 Å². The second-order valence-electron chi connectivity index (χ2n) is 7.34. The molecule has 2 saturated heterocycles. The van der Waals surface area contributed by atoms with Gasteiger partial charge in [0.15, 0.2) is 0 Å². The summed E-state index contributed by atoms with van der Waals surface area (Å²) in [6.07, 6.45) is 1.33. The van der Waals surface area contributed by atoms with Gasteiger partial charge in [0.2, 0.25) is 0 Å². The lowest BCUT2D eigenvalue weighted by atomic mass is 10.0. The van der Waals surface area contributed by atoms with Crippen molar-refractivity contribution in [3.8, 4) is 0 Å². The van der Waals surface area contributed by atoms with E-state index in [4.69, 9.17) is 0 Å². The maximum absolute atomic E-state index is 12.8. The standard InChI is InChI=1S/C22H24N4O3/c27-20-16-25(22(29)26(20)19-9-5-2-6-10-19)18-11-13-24(14-12-18)21(28)23-15-17-7-3-1-4-8-17/h1-10,18H,11-16H2,(H,23,28). The van der Waals surface area contributed by atoms with Crippen LogP contribution in [0.1, 0.15) is 18.4 Å². The molecule has 2 fully saturated rings. The third-order valence-electron chi connectivity index (χ3n) is 5.49. The number of benzene rings is 2. The summed E-state index contributed by atoms with van der Waals surface area (Å²) in [5.41, 5.74) is 1.65. The van der Waals surface area contributed by atoms with Crippen molar-refractivity contribution in [1.82, 2.24) is 15.1 Å². The predicted molar refractivity (Wildman–Crippen MR) is 109 cm³/mol. The van der Waals surface area contributed by atoms with Gasteiger partial charge in [-0.1, -0.05) is 48.5 Å². The Kier molecular flexibility index (Phi) is 5.46. The van der Waals surface area contributed by atoms with Gasteiger partial charge in [0.05, 0.1) is 5.69 Å². The lowest BCUT2D eigenvalue weighted by Gasteiger charge is -2.36. The van der Waals surface area contributed by atoms with Gasteiger partial charge in [0.1, 0.15) is 6.54 Å². The fourth-order valence-corrected chi connectivity index (χ4v) is 3.90. The Hall–Kier alpha value is -3.35. The number of anilines is 1. The molecule has 2 aliphatic heterocycles. The highest BCUT2D eigenvalue weighted by molar-refractivity contribution is 6.19. The average Bonchev–Trinajstić information content (AvgIpc) is 3.07. The maximum atomic E-state index is 12.8. The molecule has 0 aromatic heterocycles. The number of hydrogen-bond acceptors (Lipinski definition) is 3. The molecule has 2 aromatic carbocycles. The molecule has 0 aliphatic carbocycles. The molecule has 0 atom stereocenters. The number of nitrogens with one attached hydrogen (secondary N) is 1. The number of amides is 5. The van der Waals surface area contributed by atoms with Gasteiger partial charge < -0.3 is 15.1 Å². The summed E-state index contributed by atoms with van der Waals surface area (Å²) >= 11 is 0. The van der Waals surface area contributed by atoms with Crippen molar-refractivity contribution in [2.24, 2.45) is 0 Å². The summed E-state index contributed by atoms with van der Waals surface area (Å²) in [4.78, 5) is 42.3. The van der Waals surface area contributed by atoms with Crippen LogP contribution in [0.2, 0.25) is 0 Å². The number of urea groups is 2. The van der Waals surface area contributed by atoms with Crippen LogP contribution in [0.15, 0.2) is 60.7 Å². The fourth-order valence-electron chi connectivity index (χ4n) is 3.90. The molecule has 5 amide bonds. The molecule has 2 heterocycles. The molecular formula is C22H24N4O3. The molecule has 7 heteroatoms. The first kappa shape index (κ1) is 19.0. The van der Waals surface area contributed by atoms with E-state index in [1.807, 2.05) is 48.5 Å². The number of para-hydroxylation sites is 1. The highest BCUT2D eigenvalue weighted by atomic mass is 16.2. The Balaban J connectivity index is 1.31. The number of nitrogens with zero attached hydrogens (tertiary/aromatic N) is 3. The molecule has 0 spiro atoms. The summed E-state index contributed by atoms with van der Waals surface area (Å²) in [5.74, 6) is -0.204. The molecule has 2 aromatic rings. The average molecular weight is 392 g/mol. The van der Waals surface area contributed by atoms with Crippen molar-refractivity contribution in [2.45, 2.75) is 25.4 Å². The van der Waals surface area contributed by atoms with Crippen LogP contribution < -0.4 is 10.2 Å². The number of imide groups is 1. The van der Waals surface area contributed by atoms with Crippen molar-refractivity contribution in [3.63, 3.8) is 0 Å². The molecule has 150 valence electrons. The Bertz CT molecular complexity index is 879. The van der Waals surface area contributed by atoms with E-state index in [1.165, 1.54) is 4.90 Å². The highest BCUT2D eigenvalue weighted by Gasteiger charge is 2.41. The van der Waals surface area contributed by atoms with E-state index in [0.29, 0.717) is 38.2 Å². The molecule has 0 bridgehead atoms. The number of hydrogen-bond donors (Lipinski definition) is 1. The zero-order valence-corrected chi connectivity index (χ0v) is 16.2. The molecule has 7 nitrogen and oxygen atoms in total. The number of carbonyl (C=O) groups excluding carboxylic acids is 3. The van der Waals surface area contributed by atoms with Gasteiger partial charge >= 0.3 is 12.1 Å². The molecule has 4 rings (SSSR count). The number of rotatable bonds is 4. The van der Waals surface area contributed by atoms with E-state index in [-0.39, 0.29) is 30.6 Å². The molecule has 29 heavy (non-hydrogen) atoms. The third-order valence-corrected chi connectivity index (χ3v) is 5.49. The van der Waals surface area contributed by atoms with Crippen LogP contribution in [0, 0.1) is 0 Å². The van der Waals surface area contributed by atoms with Crippen LogP contribution in [0.5, 0.6) is 0 Å². The van der Waals surface area contributed by atoms with Gasteiger partial charge in [0, 0.05) is 25.7 Å². The lowest BCUT2D eigenvalue weighted by molar-refractivity contribution is -0.116. The van der Waals surface area contributed by atoms with Crippen molar-refractivity contribution in [1.29, 1.82) is 0 Å². The van der Waals surface area contributed by atoms with E-state index >= 15 is 0 Å². The van der Waals surface area contributed by atoms with Crippen LogP contribution in [0.3, 0.4) is 0 Å². The summed E-state index contributed by atoms with van der Waals surface area (Å²) in [6.45, 7) is 1.71. The number of carbonyl (C=O) groups is 3. The molecule has 0 saturated carbocycles. The first-order valence-electron chi connectivity index (χ1n) is 9.89. The Morgan fingerprint density at radius 1 is 0.931 bits per heavy atom. The number of piperidine rings is 1. The van der Waals surface area contributed by atoms with Crippen LogP contribution in [0.25, 0.3) is 0 Å². The lowest BCUT2D eigenvalue weighted by Crippen LogP contribution is -2.50. The zero-order chi connectivity index (χ0) is 20.2. The second-order valence-corrected chi connectivity index (χ2v) is 7.34. The first-order chi connectivity index (χ1) is 14.1. The minimum atomic E-state index is -0.270. The zero-order valence-electron chi connectivity index (χ0n) is 16.2. The predicted octanol–water partition coefficient (Wildman–Crippen LogP) is 2.83. The topological polar surface area (TPSA) is 73.0 Å². The first-order valence-corrected chi connectivity index (χ1v) is 9.89. The quantitative estimate of drug-likeness (QED) is 0.814. The maximum Gasteiger partial charge on any atom is 0.332 e. The minimum absolute atomic E-state index is 0.0293. The van der Waals surface area contributed by atoms with Crippen LogP contribution >= 0.6 is 0 Å². The van der Waals surface area contributed by atoms with Crippen LogP contribution in [-0.4, -0.2) is 53.4 Å². The van der Waals surface area contributed by atoms with E-state index in [9.17, 15) is 14.4 Å². The van der Waals surface area contributed by atoms with E-state index in [1.54, 1.807) is 21.9 Å². The molecular weight excluding hydrogens is 368 g/mol. The van der Waals surface area contributed by atoms with Crippen molar-refractivity contribution in [3.05, 3.63) is 66.2 Å². The Morgan fingerprint density at radius 3 is 2.21 bits per heavy atom. The third kappa shape index (κ3) is 4.08. The normalized spacial score (nSPS) is 17.7. The second kappa shape index (κ2) is 8.34. The summed E-state index contributed by atoms with van der Waals surface area (Å²) < 4.78 is 0. The highest BCUT2D eigenvalue weighted by Crippen LogP contribution is 2.26. The monoisotopic (exact) mass is 392 g/mol. The van der Waals surface area contributed by atoms with E-state index < -0.39 is 0 Å². The summed E-state index contributed by atoms with van der Waals surface area (Å²) in [7, 11) is 0. The SMILES string of the molecule is O=C(NCc1ccccc1)N1CCC(N2CC(=O)N(c3ccccc3)C2=O)CC1. The van der Waals surface area contributed by atoms with Gasteiger partial charge in [-0.3, -0.25) is 4.79 Å². The van der Waals surface area contributed by atoms with Crippen molar-refractivity contribution in [2.75, 3.05) is 24.5 Å². The van der Waals surface area contributed by atoms with Gasteiger partial charge in [-0.15, -0.1) is 0 Å². The molecule has 1 N–H and O–H groups in total. The van der Waals surface area contributed by atoms with Gasteiger partial charge in [-0.2, -0.15) is 0 Å². The largest absolute Gasteiger partial charge is 0.334 e. The molecule has 0 unspecified atom stereocenters. The van der Waals surface area contributed by atoms with Gasteiger partial charge in [-0.25, -0.2) is 14.5 Å². The van der Waals surface area contributed by atoms with Gasteiger partial charge in [0.25, 0.3) is 5.91 Å². The minimum Gasteiger partial charge on any atom is -0.334 e. The smallest absolute Gasteiger partial charge is 0.332 e. The molecule has 0 radical (unpaired) electrons. The Morgan fingerprint density at radius 2 is 1.55 bits per heavy atom. The molecule has 2 aliphatic rings. The van der Waals surface area contributed by atoms with Crippen molar-refractivity contribution >= 4 is 23.7 Å². The summed E-state index contributed by atoms with van der Waals surface area (Å²) in [6, 6.07) is 18.4. The van der Waals surface area contributed by atoms with Gasteiger partial charge in [-0.05, 0) is 30.5 Å². The van der Waals surface area contributed by atoms with Crippen molar-refractivity contribution < 1.29 is 14.4 Å². The fraction of sp³-hybridized carbons (Fsp3) is 0.318. The van der Waals surface area contributed by atoms with E-state index in [2.05, 4.69) is 5.32 Å². The summed E-state index contributed by atoms with van der Waals surface area (Å²) in [5, 5.41) is 2.94. The van der Waals surface area contributed by atoms with Crippen LogP contribution in [0.4, 0.5) is 15.3 Å². The van der Waals surface area contributed by atoms with Crippen LogP contribution in [-0.2, 0) is 11.3 Å².